The number of benzene rings is 1. The summed E-state index contributed by atoms with van der Waals surface area (Å²) in [7, 11) is -6.74. The van der Waals surface area contributed by atoms with Crippen molar-refractivity contribution in [1.29, 1.82) is 0 Å². The third-order valence-electron chi connectivity index (χ3n) is 4.48. The van der Waals surface area contributed by atoms with Crippen molar-refractivity contribution in [2.75, 3.05) is 38.7 Å². The van der Waals surface area contributed by atoms with Crippen molar-refractivity contribution in [2.24, 2.45) is 5.41 Å². The van der Waals surface area contributed by atoms with Crippen LogP contribution in [0.3, 0.4) is 0 Å². The number of para-hydroxylation sites is 1. The number of hydrogen-bond donors (Lipinski definition) is 1. The Hall–Kier alpha value is -2.76. The zero-order chi connectivity index (χ0) is 27.2. The van der Waals surface area contributed by atoms with E-state index in [-0.39, 0.29) is 50.2 Å². The van der Waals surface area contributed by atoms with Crippen LogP contribution in [0, 0.1) is 5.41 Å². The molecule has 0 aliphatic carbocycles. The Morgan fingerprint density at radius 2 is 1.69 bits per heavy atom. The topological polar surface area (TPSA) is 161 Å². The molecule has 2 atom stereocenters. The van der Waals surface area contributed by atoms with Gasteiger partial charge in [-0.25, -0.2) is 9.59 Å². The van der Waals surface area contributed by atoms with Gasteiger partial charge in [-0.1, -0.05) is 32.0 Å². The smallest absolute Gasteiger partial charge is 0.459 e. The first-order chi connectivity index (χ1) is 16.9. The van der Waals surface area contributed by atoms with E-state index in [0.29, 0.717) is 0 Å². The number of nitrogens with one attached hydrogen (secondary N) is 1. The first-order valence-electron chi connectivity index (χ1n) is 11.1. The van der Waals surface area contributed by atoms with Crippen molar-refractivity contribution in [2.45, 2.75) is 39.8 Å². The second-order valence-corrected chi connectivity index (χ2v) is 11.2. The number of amides is 1. The molecule has 1 amide bonds. The SMILES string of the molecule is CCOC(=O)OCCOC(=O)[C@H]([P+](=O)Oc1ccccc1)C(C)(C)COS(=O)(=O)CCCNC(C)=O. The van der Waals surface area contributed by atoms with Gasteiger partial charge >= 0.3 is 20.2 Å². The molecule has 0 saturated heterocycles. The zero-order valence-electron chi connectivity index (χ0n) is 20.8. The van der Waals surface area contributed by atoms with Gasteiger partial charge in [-0.05, 0) is 30.0 Å². The summed E-state index contributed by atoms with van der Waals surface area (Å²) in [6.45, 7) is 5.02. The molecule has 0 aromatic heterocycles. The molecule has 0 saturated carbocycles. The van der Waals surface area contributed by atoms with Gasteiger partial charge < -0.3 is 19.5 Å². The molecule has 1 unspecified atom stereocenters. The lowest BCUT2D eigenvalue weighted by atomic mass is 9.90. The summed E-state index contributed by atoms with van der Waals surface area (Å²) in [4.78, 5) is 35.1. The number of rotatable bonds is 16. The molecule has 0 spiro atoms. The van der Waals surface area contributed by atoms with Gasteiger partial charge in [-0.15, -0.1) is 0 Å². The standard InChI is InChI=1S/C22H32NO11PS/c1-5-30-21(26)32-14-13-31-20(25)19(35(27)34-18-10-7-6-8-11-18)22(3,4)16-33-36(28,29)15-9-12-23-17(2)24/h6-8,10-11,19H,5,9,12-16H2,1-4H3/p+1/t19-/m0/s1. The minimum absolute atomic E-state index is 0.113. The van der Waals surface area contributed by atoms with Gasteiger partial charge in [-0.3, -0.25) is 13.5 Å². The van der Waals surface area contributed by atoms with E-state index in [1.54, 1.807) is 37.3 Å². The van der Waals surface area contributed by atoms with E-state index < -0.39 is 48.0 Å². The van der Waals surface area contributed by atoms with Gasteiger partial charge in [0.1, 0.15) is 13.2 Å². The van der Waals surface area contributed by atoms with E-state index in [9.17, 15) is 27.4 Å². The molecule has 14 heteroatoms. The van der Waals surface area contributed by atoms with E-state index in [1.807, 2.05) is 0 Å². The lowest BCUT2D eigenvalue weighted by molar-refractivity contribution is -0.147. The third kappa shape index (κ3) is 12.3. The van der Waals surface area contributed by atoms with Gasteiger partial charge in [-0.2, -0.15) is 8.42 Å². The maximum absolute atomic E-state index is 13.1. The fourth-order valence-electron chi connectivity index (χ4n) is 2.73. The highest BCUT2D eigenvalue weighted by atomic mass is 32.2. The molecule has 36 heavy (non-hydrogen) atoms. The molecule has 0 bridgehead atoms. The van der Waals surface area contributed by atoms with Gasteiger partial charge in [0.25, 0.3) is 15.8 Å². The van der Waals surface area contributed by atoms with Crippen molar-refractivity contribution in [3.8, 4) is 5.75 Å². The molecule has 1 aromatic carbocycles. The Bertz CT molecular complexity index is 983. The average molecular weight is 551 g/mol. The number of ether oxygens (including phenoxy) is 3. The molecular formula is C22H33NO11PS+. The second-order valence-electron chi connectivity index (χ2n) is 8.14. The molecule has 0 heterocycles. The highest BCUT2D eigenvalue weighted by Crippen LogP contribution is 2.43. The van der Waals surface area contributed by atoms with E-state index in [0.717, 1.165) is 0 Å². The summed E-state index contributed by atoms with van der Waals surface area (Å²) >= 11 is 0. The predicted octanol–water partition coefficient (Wildman–Crippen LogP) is 2.79. The first kappa shape index (κ1) is 31.3. The molecule has 1 N–H and O–H groups in total. The quantitative estimate of drug-likeness (QED) is 0.139. The Morgan fingerprint density at radius 1 is 1.06 bits per heavy atom. The normalized spacial score (nSPS) is 12.7. The maximum atomic E-state index is 13.1. The largest absolute Gasteiger partial charge is 0.572 e. The highest BCUT2D eigenvalue weighted by Gasteiger charge is 2.54. The third-order valence-corrected chi connectivity index (χ3v) is 7.47. The van der Waals surface area contributed by atoms with Crippen LogP contribution in [-0.4, -0.2) is 70.8 Å². The van der Waals surface area contributed by atoms with E-state index in [4.69, 9.17) is 18.2 Å². The average Bonchev–Trinajstić information content (AvgIpc) is 2.79. The Kier molecular flexibility index (Phi) is 13.4. The molecule has 1 rings (SSSR count). The van der Waals surface area contributed by atoms with Crippen molar-refractivity contribution in [3.63, 3.8) is 0 Å². The van der Waals surface area contributed by atoms with Gasteiger partial charge in [0, 0.05) is 13.5 Å². The van der Waals surface area contributed by atoms with Gasteiger partial charge in [0.2, 0.25) is 5.91 Å². The Balaban J connectivity index is 2.88. The molecule has 0 radical (unpaired) electrons. The molecule has 1 aromatic rings. The van der Waals surface area contributed by atoms with Crippen LogP contribution < -0.4 is 9.84 Å². The number of esters is 1. The summed E-state index contributed by atoms with van der Waals surface area (Å²) in [6, 6.07) is 8.13. The maximum Gasteiger partial charge on any atom is 0.572 e. The van der Waals surface area contributed by atoms with Gasteiger partial charge in [0.15, 0.2) is 5.75 Å². The number of carbonyl (C=O) groups excluding carboxylic acids is 3. The molecule has 12 nitrogen and oxygen atoms in total. The zero-order valence-corrected chi connectivity index (χ0v) is 22.5. The summed E-state index contributed by atoms with van der Waals surface area (Å²) < 4.78 is 62.7. The Labute approximate surface area is 211 Å². The van der Waals surface area contributed by atoms with Crippen LogP contribution in [0.1, 0.15) is 34.1 Å². The molecule has 0 aliphatic rings. The minimum atomic E-state index is -4.00. The van der Waals surface area contributed by atoms with Crippen LogP contribution in [-0.2, 0) is 42.7 Å². The molecule has 202 valence electrons. The molecule has 0 fully saturated rings. The summed E-state index contributed by atoms with van der Waals surface area (Å²) in [5, 5.41) is 2.49. The van der Waals surface area contributed by atoms with Crippen LogP contribution in [0.15, 0.2) is 30.3 Å². The summed E-state index contributed by atoms with van der Waals surface area (Å²) in [5.74, 6) is -1.36. The lowest BCUT2D eigenvalue weighted by Crippen LogP contribution is -2.40. The van der Waals surface area contributed by atoms with Crippen molar-refractivity contribution in [3.05, 3.63) is 30.3 Å². The fourth-order valence-corrected chi connectivity index (χ4v) is 5.15. The predicted molar refractivity (Wildman–Crippen MR) is 129 cm³/mol. The van der Waals surface area contributed by atoms with Crippen LogP contribution in [0.5, 0.6) is 5.75 Å². The fraction of sp³-hybridized carbons (Fsp3) is 0.591. The van der Waals surface area contributed by atoms with Crippen LogP contribution >= 0.6 is 8.03 Å². The van der Waals surface area contributed by atoms with E-state index >= 15 is 0 Å². The van der Waals surface area contributed by atoms with Crippen molar-refractivity contribution in [1.82, 2.24) is 5.32 Å². The molecule has 0 aliphatic heterocycles. The highest BCUT2D eigenvalue weighted by molar-refractivity contribution is 7.86. The first-order valence-corrected chi connectivity index (χ1v) is 14.0. The minimum Gasteiger partial charge on any atom is -0.459 e. The summed E-state index contributed by atoms with van der Waals surface area (Å²) in [5.41, 5.74) is -2.74. The van der Waals surface area contributed by atoms with Crippen LogP contribution in [0.25, 0.3) is 0 Å². The molecular weight excluding hydrogens is 517 g/mol. The van der Waals surface area contributed by atoms with E-state index in [2.05, 4.69) is 10.1 Å². The number of carbonyl (C=O) groups is 3. The van der Waals surface area contributed by atoms with Crippen LogP contribution in [0.2, 0.25) is 0 Å². The van der Waals surface area contributed by atoms with E-state index in [1.165, 1.54) is 20.8 Å². The monoisotopic (exact) mass is 550 g/mol. The Morgan fingerprint density at radius 3 is 2.31 bits per heavy atom. The van der Waals surface area contributed by atoms with Gasteiger partial charge in [0.05, 0.1) is 24.4 Å². The van der Waals surface area contributed by atoms with Crippen molar-refractivity contribution >= 4 is 36.2 Å². The van der Waals surface area contributed by atoms with Crippen molar-refractivity contribution < 1.29 is 50.3 Å². The second kappa shape index (κ2) is 15.4. The summed E-state index contributed by atoms with van der Waals surface area (Å²) in [6.07, 6.45) is -0.805. The number of hydrogen-bond acceptors (Lipinski definition) is 11. The van der Waals surface area contributed by atoms with Crippen LogP contribution in [0.4, 0.5) is 4.79 Å². The lowest BCUT2D eigenvalue weighted by Gasteiger charge is -2.24.